The second kappa shape index (κ2) is 7.05. The zero-order valence-electron chi connectivity index (χ0n) is 14.3. The molecule has 26 heavy (non-hydrogen) atoms. The first-order chi connectivity index (χ1) is 12.6. The minimum Gasteiger partial charge on any atom is -0.435 e. The number of alkyl halides is 2. The number of aromatic nitrogens is 1. The Bertz CT molecular complexity index is 819. The zero-order chi connectivity index (χ0) is 18.1. The fourth-order valence-corrected chi connectivity index (χ4v) is 3.91. The summed E-state index contributed by atoms with van der Waals surface area (Å²) in [4.78, 5) is 12.7. The molecule has 1 unspecified atom stereocenters. The van der Waals surface area contributed by atoms with Crippen molar-refractivity contribution in [1.29, 1.82) is 0 Å². The van der Waals surface area contributed by atoms with Crippen molar-refractivity contribution in [2.45, 2.75) is 57.6 Å². The van der Waals surface area contributed by atoms with E-state index in [-0.39, 0.29) is 17.7 Å². The number of ether oxygens (including phenoxy) is 1. The Morgan fingerprint density at radius 3 is 2.92 bits per heavy atom. The summed E-state index contributed by atoms with van der Waals surface area (Å²) < 4.78 is 34.6. The van der Waals surface area contributed by atoms with Crippen molar-refractivity contribution in [3.05, 3.63) is 46.3 Å². The molecule has 1 amide bonds. The number of amides is 1. The van der Waals surface area contributed by atoms with Gasteiger partial charge in [0.2, 0.25) is 5.76 Å². The predicted octanol–water partition coefficient (Wildman–Crippen LogP) is 3.96. The summed E-state index contributed by atoms with van der Waals surface area (Å²) in [7, 11) is 0. The van der Waals surface area contributed by atoms with Crippen LogP contribution in [-0.4, -0.2) is 17.7 Å². The Hall–Kier alpha value is -2.44. The summed E-state index contributed by atoms with van der Waals surface area (Å²) >= 11 is 0. The number of fused-ring (bicyclic) bond motifs is 2. The number of aryl methyl sites for hydroxylation is 2. The Labute approximate surface area is 149 Å². The first kappa shape index (κ1) is 17.0. The summed E-state index contributed by atoms with van der Waals surface area (Å²) in [5, 5.41) is 7.06. The highest BCUT2D eigenvalue weighted by molar-refractivity contribution is 5.93. The molecular formula is C19H20F2N2O3. The molecule has 0 saturated carbocycles. The number of nitrogens with zero attached hydrogens (tertiary/aromatic N) is 1. The van der Waals surface area contributed by atoms with E-state index in [1.165, 1.54) is 6.07 Å². The van der Waals surface area contributed by atoms with Crippen molar-refractivity contribution in [2.24, 2.45) is 0 Å². The standard InChI is InChI=1S/C19H20F2N2O3/c20-19(21)25-12-8-9-13-11(10-12)4-3-7-15(13)22-18(24)17-14-5-1-2-6-16(14)23-26-17/h8-10,15,19H,1-7H2,(H,22,24). The Morgan fingerprint density at radius 1 is 1.23 bits per heavy atom. The van der Waals surface area contributed by atoms with Gasteiger partial charge in [-0.15, -0.1) is 0 Å². The van der Waals surface area contributed by atoms with Crippen LogP contribution in [0.4, 0.5) is 8.78 Å². The van der Waals surface area contributed by atoms with Gasteiger partial charge in [0.25, 0.3) is 5.91 Å². The summed E-state index contributed by atoms with van der Waals surface area (Å²) in [6.07, 6.45) is 6.21. The highest BCUT2D eigenvalue weighted by Gasteiger charge is 2.28. The van der Waals surface area contributed by atoms with Crippen molar-refractivity contribution in [3.8, 4) is 5.75 Å². The van der Waals surface area contributed by atoms with Crippen LogP contribution in [0.3, 0.4) is 0 Å². The average molecular weight is 362 g/mol. The summed E-state index contributed by atoms with van der Waals surface area (Å²) in [6, 6.07) is 4.74. The number of benzene rings is 1. The molecule has 1 N–H and O–H groups in total. The van der Waals surface area contributed by atoms with Gasteiger partial charge in [-0.05, 0) is 68.2 Å². The molecule has 0 aliphatic heterocycles. The van der Waals surface area contributed by atoms with E-state index in [1.54, 1.807) is 12.1 Å². The van der Waals surface area contributed by atoms with Crippen LogP contribution < -0.4 is 10.1 Å². The van der Waals surface area contributed by atoms with E-state index < -0.39 is 6.61 Å². The lowest BCUT2D eigenvalue weighted by atomic mass is 9.87. The monoisotopic (exact) mass is 362 g/mol. The molecule has 0 saturated heterocycles. The molecule has 2 aliphatic rings. The van der Waals surface area contributed by atoms with Crippen molar-refractivity contribution < 1.29 is 22.8 Å². The Morgan fingerprint density at radius 2 is 2.08 bits per heavy atom. The molecule has 1 heterocycles. The predicted molar refractivity (Wildman–Crippen MR) is 89.4 cm³/mol. The first-order valence-electron chi connectivity index (χ1n) is 8.97. The second-order valence-corrected chi connectivity index (χ2v) is 6.80. The Balaban J connectivity index is 1.53. The van der Waals surface area contributed by atoms with E-state index in [4.69, 9.17) is 4.52 Å². The molecule has 0 fully saturated rings. The average Bonchev–Trinajstić information content (AvgIpc) is 3.05. The number of carbonyl (C=O) groups excluding carboxylic acids is 1. The first-order valence-corrected chi connectivity index (χ1v) is 8.97. The van der Waals surface area contributed by atoms with Crippen LogP contribution in [0.1, 0.15) is 64.7 Å². The van der Waals surface area contributed by atoms with Crippen LogP contribution in [0.25, 0.3) is 0 Å². The van der Waals surface area contributed by atoms with Gasteiger partial charge in [-0.2, -0.15) is 8.78 Å². The molecule has 1 aromatic carbocycles. The molecule has 138 valence electrons. The SMILES string of the molecule is O=C(NC1CCCc2cc(OC(F)F)ccc21)c1onc2c1CCCC2. The van der Waals surface area contributed by atoms with Crippen LogP contribution in [0, 0.1) is 0 Å². The molecule has 0 bridgehead atoms. The summed E-state index contributed by atoms with van der Waals surface area (Å²) in [5.41, 5.74) is 3.68. The molecule has 0 radical (unpaired) electrons. The van der Waals surface area contributed by atoms with Crippen molar-refractivity contribution in [3.63, 3.8) is 0 Å². The molecule has 0 spiro atoms. The fraction of sp³-hybridized carbons (Fsp3) is 0.474. The van der Waals surface area contributed by atoms with Gasteiger partial charge in [0.05, 0.1) is 11.7 Å². The fourth-order valence-electron chi connectivity index (χ4n) is 3.91. The number of nitrogens with one attached hydrogen (secondary N) is 1. The topological polar surface area (TPSA) is 64.4 Å². The van der Waals surface area contributed by atoms with Gasteiger partial charge in [-0.1, -0.05) is 11.2 Å². The third-order valence-corrected chi connectivity index (χ3v) is 5.13. The van der Waals surface area contributed by atoms with E-state index in [2.05, 4.69) is 15.2 Å². The van der Waals surface area contributed by atoms with Crippen molar-refractivity contribution in [2.75, 3.05) is 0 Å². The number of rotatable bonds is 4. The van der Waals surface area contributed by atoms with E-state index >= 15 is 0 Å². The molecular weight excluding hydrogens is 342 g/mol. The quantitative estimate of drug-likeness (QED) is 0.894. The lowest BCUT2D eigenvalue weighted by molar-refractivity contribution is -0.0499. The van der Waals surface area contributed by atoms with Gasteiger partial charge >= 0.3 is 6.61 Å². The van der Waals surface area contributed by atoms with E-state index in [1.807, 2.05) is 0 Å². The Kier molecular flexibility index (Phi) is 4.61. The maximum Gasteiger partial charge on any atom is 0.387 e. The van der Waals surface area contributed by atoms with E-state index in [0.717, 1.165) is 67.3 Å². The van der Waals surface area contributed by atoms with E-state index in [0.29, 0.717) is 5.76 Å². The van der Waals surface area contributed by atoms with Gasteiger partial charge in [-0.3, -0.25) is 4.79 Å². The van der Waals surface area contributed by atoms with Crippen molar-refractivity contribution >= 4 is 5.91 Å². The molecule has 2 aromatic rings. The van der Waals surface area contributed by atoms with Gasteiger partial charge in [0.15, 0.2) is 0 Å². The lowest BCUT2D eigenvalue weighted by Gasteiger charge is -2.26. The maximum absolute atomic E-state index is 12.7. The van der Waals surface area contributed by atoms with Gasteiger partial charge in [0.1, 0.15) is 5.75 Å². The zero-order valence-corrected chi connectivity index (χ0v) is 14.3. The molecule has 1 aromatic heterocycles. The molecule has 4 rings (SSSR count). The molecule has 7 heteroatoms. The highest BCUT2D eigenvalue weighted by atomic mass is 19.3. The summed E-state index contributed by atoms with van der Waals surface area (Å²) in [5.74, 6) is 0.200. The van der Waals surface area contributed by atoms with Gasteiger partial charge < -0.3 is 14.6 Å². The van der Waals surface area contributed by atoms with Crippen LogP contribution in [0.15, 0.2) is 22.7 Å². The van der Waals surface area contributed by atoms with Gasteiger partial charge in [0, 0.05) is 5.56 Å². The lowest BCUT2D eigenvalue weighted by Crippen LogP contribution is -2.31. The molecule has 1 atom stereocenters. The van der Waals surface area contributed by atoms with Crippen molar-refractivity contribution in [1.82, 2.24) is 10.5 Å². The van der Waals surface area contributed by atoms with Crippen LogP contribution in [0.5, 0.6) is 5.75 Å². The smallest absolute Gasteiger partial charge is 0.387 e. The number of hydrogen-bond acceptors (Lipinski definition) is 4. The van der Waals surface area contributed by atoms with Crippen LogP contribution in [-0.2, 0) is 19.3 Å². The third kappa shape index (κ3) is 3.30. The number of carbonyl (C=O) groups is 1. The molecule has 5 nitrogen and oxygen atoms in total. The van der Waals surface area contributed by atoms with Gasteiger partial charge in [-0.25, -0.2) is 0 Å². The third-order valence-electron chi connectivity index (χ3n) is 5.13. The molecule has 2 aliphatic carbocycles. The number of halogens is 2. The van der Waals surface area contributed by atoms with Crippen LogP contribution in [0.2, 0.25) is 0 Å². The largest absolute Gasteiger partial charge is 0.435 e. The maximum atomic E-state index is 12.7. The second-order valence-electron chi connectivity index (χ2n) is 6.80. The van der Waals surface area contributed by atoms with Crippen LogP contribution >= 0.6 is 0 Å². The minimum atomic E-state index is -2.84. The summed E-state index contributed by atoms with van der Waals surface area (Å²) in [6.45, 7) is -2.84. The minimum absolute atomic E-state index is 0.148. The van der Waals surface area contributed by atoms with E-state index in [9.17, 15) is 13.6 Å². The number of hydrogen-bond donors (Lipinski definition) is 1. The highest BCUT2D eigenvalue weighted by Crippen LogP contribution is 2.33. The normalized spacial score (nSPS) is 19.0.